The summed E-state index contributed by atoms with van der Waals surface area (Å²) in [5.41, 5.74) is 1.15. The van der Waals surface area contributed by atoms with Gasteiger partial charge in [0.05, 0.1) is 16.5 Å². The third-order valence-corrected chi connectivity index (χ3v) is 6.25. The van der Waals surface area contributed by atoms with Gasteiger partial charge in [-0.05, 0) is 7.05 Å². The van der Waals surface area contributed by atoms with Crippen LogP contribution in [-0.4, -0.2) is 57.0 Å². The molecule has 3 atom stereocenters. The van der Waals surface area contributed by atoms with Crippen molar-refractivity contribution >= 4 is 34.5 Å². The molecule has 106 valence electrons. The fraction of sp³-hybridized carbons (Fsp3) is 0.429. The first-order chi connectivity index (χ1) is 9.66. The molecule has 1 N–H and O–H groups in total. The second-order valence-electron chi connectivity index (χ2n) is 4.92. The lowest BCUT2D eigenvalue weighted by atomic mass is 10.2. The third-order valence-electron chi connectivity index (χ3n) is 3.63. The summed E-state index contributed by atoms with van der Waals surface area (Å²) in [7, 11) is 1.89. The van der Waals surface area contributed by atoms with Gasteiger partial charge in [-0.3, -0.25) is 14.7 Å². The van der Waals surface area contributed by atoms with Crippen molar-refractivity contribution in [3.8, 4) is 0 Å². The van der Waals surface area contributed by atoms with Crippen LogP contribution >= 0.6 is 23.5 Å². The Bertz CT molecular complexity index is 535. The van der Waals surface area contributed by atoms with Crippen molar-refractivity contribution in [1.82, 2.24) is 4.90 Å². The standard InChI is InChI=1S/C14H16N2O2S2/c1-16-11(14(17)18)8-20-13(16)10-7-19-12(15-10)9-5-3-2-4-6-9/h2-6,10-11,13H,7-8H2,1H3,(H,17,18). The molecule has 1 aromatic rings. The van der Waals surface area contributed by atoms with Gasteiger partial charge in [-0.1, -0.05) is 30.3 Å². The van der Waals surface area contributed by atoms with Crippen molar-refractivity contribution in [3.63, 3.8) is 0 Å². The number of aliphatic imine (C=N–C) groups is 1. The summed E-state index contributed by atoms with van der Waals surface area (Å²) < 4.78 is 0. The molecule has 1 fully saturated rings. The van der Waals surface area contributed by atoms with Crippen LogP contribution in [0.2, 0.25) is 0 Å². The van der Waals surface area contributed by atoms with Crippen molar-refractivity contribution in [2.75, 3.05) is 18.6 Å². The number of likely N-dealkylation sites (N-methyl/N-ethyl adjacent to an activating group) is 1. The first kappa shape index (κ1) is 14.0. The monoisotopic (exact) mass is 308 g/mol. The molecule has 2 aliphatic rings. The highest BCUT2D eigenvalue weighted by Gasteiger charge is 2.41. The van der Waals surface area contributed by atoms with Gasteiger partial charge in [-0.2, -0.15) is 0 Å². The zero-order chi connectivity index (χ0) is 14.1. The Morgan fingerprint density at radius 2 is 2.10 bits per heavy atom. The van der Waals surface area contributed by atoms with Gasteiger partial charge in [0.1, 0.15) is 6.04 Å². The van der Waals surface area contributed by atoms with E-state index in [0.29, 0.717) is 5.75 Å². The predicted octanol–water partition coefficient (Wildman–Crippen LogP) is 2.01. The maximum Gasteiger partial charge on any atom is 0.321 e. The first-order valence-electron chi connectivity index (χ1n) is 6.49. The number of aliphatic carboxylic acids is 1. The molecule has 0 spiro atoms. The van der Waals surface area contributed by atoms with E-state index in [1.807, 2.05) is 30.1 Å². The molecule has 6 heteroatoms. The van der Waals surface area contributed by atoms with E-state index in [2.05, 4.69) is 12.1 Å². The zero-order valence-electron chi connectivity index (χ0n) is 11.1. The quantitative estimate of drug-likeness (QED) is 0.926. The van der Waals surface area contributed by atoms with Gasteiger partial charge in [-0.15, -0.1) is 23.5 Å². The molecule has 0 amide bonds. The molecule has 0 bridgehead atoms. The molecule has 1 saturated heterocycles. The highest BCUT2D eigenvalue weighted by Crippen LogP contribution is 2.36. The molecule has 0 aromatic heterocycles. The lowest BCUT2D eigenvalue weighted by Gasteiger charge is -2.24. The number of rotatable bonds is 3. The third kappa shape index (κ3) is 2.60. The normalized spacial score (nSPS) is 30.4. The minimum absolute atomic E-state index is 0.171. The molecule has 0 aliphatic carbocycles. The summed E-state index contributed by atoms with van der Waals surface area (Å²) in [6.45, 7) is 0. The van der Waals surface area contributed by atoms with Crippen molar-refractivity contribution in [3.05, 3.63) is 35.9 Å². The summed E-state index contributed by atoms with van der Waals surface area (Å²) in [5.74, 6) is 0.840. The molecular weight excluding hydrogens is 292 g/mol. The van der Waals surface area contributed by atoms with Crippen LogP contribution in [0.25, 0.3) is 0 Å². The summed E-state index contributed by atoms with van der Waals surface area (Å²) in [6, 6.07) is 9.96. The van der Waals surface area contributed by atoms with Gasteiger partial charge < -0.3 is 5.11 Å². The van der Waals surface area contributed by atoms with Crippen molar-refractivity contribution in [2.24, 2.45) is 4.99 Å². The molecule has 3 unspecified atom stereocenters. The van der Waals surface area contributed by atoms with E-state index in [9.17, 15) is 9.90 Å². The second-order valence-corrected chi connectivity index (χ2v) is 7.08. The minimum atomic E-state index is -0.736. The van der Waals surface area contributed by atoms with E-state index in [1.165, 1.54) is 0 Å². The van der Waals surface area contributed by atoms with Crippen LogP contribution in [0.4, 0.5) is 0 Å². The van der Waals surface area contributed by atoms with Gasteiger partial charge >= 0.3 is 5.97 Å². The summed E-state index contributed by atoms with van der Waals surface area (Å²) in [4.78, 5) is 17.9. The Labute approximate surface area is 126 Å². The summed E-state index contributed by atoms with van der Waals surface area (Å²) in [6.07, 6.45) is 0. The number of nitrogens with zero attached hydrogens (tertiary/aromatic N) is 2. The van der Waals surface area contributed by atoms with E-state index in [-0.39, 0.29) is 17.5 Å². The number of hydrogen-bond acceptors (Lipinski definition) is 5. The highest BCUT2D eigenvalue weighted by atomic mass is 32.2. The largest absolute Gasteiger partial charge is 0.480 e. The van der Waals surface area contributed by atoms with Crippen LogP contribution in [0.3, 0.4) is 0 Å². The maximum atomic E-state index is 11.2. The predicted molar refractivity (Wildman–Crippen MR) is 84.7 cm³/mol. The summed E-state index contributed by atoms with van der Waals surface area (Å²) >= 11 is 3.47. The van der Waals surface area contributed by atoms with E-state index >= 15 is 0 Å². The van der Waals surface area contributed by atoms with Crippen LogP contribution in [0, 0.1) is 0 Å². The zero-order valence-corrected chi connectivity index (χ0v) is 12.7. The average molecular weight is 308 g/mol. The lowest BCUT2D eigenvalue weighted by molar-refractivity contribution is -0.141. The van der Waals surface area contributed by atoms with Gasteiger partial charge in [-0.25, -0.2) is 0 Å². The Morgan fingerprint density at radius 3 is 2.75 bits per heavy atom. The number of carboxylic acids is 1. The molecule has 0 radical (unpaired) electrons. The number of hydrogen-bond donors (Lipinski definition) is 1. The van der Waals surface area contributed by atoms with Crippen molar-refractivity contribution < 1.29 is 9.90 Å². The first-order valence-corrected chi connectivity index (χ1v) is 8.52. The van der Waals surface area contributed by atoms with Crippen LogP contribution in [0.1, 0.15) is 5.56 Å². The molecular formula is C14H16N2O2S2. The highest BCUT2D eigenvalue weighted by molar-refractivity contribution is 8.14. The van der Waals surface area contributed by atoms with Crippen LogP contribution in [0.15, 0.2) is 35.3 Å². The lowest BCUT2D eigenvalue weighted by Crippen LogP contribution is -2.42. The molecule has 2 heterocycles. The fourth-order valence-electron chi connectivity index (χ4n) is 2.50. The molecule has 2 aliphatic heterocycles. The smallest absolute Gasteiger partial charge is 0.321 e. The topological polar surface area (TPSA) is 52.9 Å². The van der Waals surface area contributed by atoms with E-state index < -0.39 is 5.97 Å². The van der Waals surface area contributed by atoms with Crippen LogP contribution in [-0.2, 0) is 4.79 Å². The fourth-order valence-corrected chi connectivity index (χ4v) is 5.24. The van der Waals surface area contributed by atoms with Gasteiger partial charge in [0.15, 0.2) is 0 Å². The van der Waals surface area contributed by atoms with E-state index in [4.69, 9.17) is 4.99 Å². The van der Waals surface area contributed by atoms with Gasteiger partial charge in [0.2, 0.25) is 0 Å². The van der Waals surface area contributed by atoms with Gasteiger partial charge in [0, 0.05) is 17.1 Å². The summed E-state index contributed by atoms with van der Waals surface area (Å²) in [5, 5.41) is 10.4. The number of benzene rings is 1. The van der Waals surface area contributed by atoms with Crippen LogP contribution in [0.5, 0.6) is 0 Å². The van der Waals surface area contributed by atoms with E-state index in [1.54, 1.807) is 23.5 Å². The average Bonchev–Trinajstić information content (AvgIpc) is 3.06. The Kier molecular flexibility index (Phi) is 4.05. The molecule has 1 aromatic carbocycles. The molecule has 0 saturated carbocycles. The number of thioether (sulfide) groups is 2. The Balaban J connectivity index is 1.74. The Morgan fingerprint density at radius 1 is 1.35 bits per heavy atom. The minimum Gasteiger partial charge on any atom is -0.480 e. The molecule has 3 rings (SSSR count). The molecule has 4 nitrogen and oxygen atoms in total. The Hall–Kier alpha value is -0.980. The van der Waals surface area contributed by atoms with Crippen molar-refractivity contribution in [2.45, 2.75) is 17.5 Å². The number of carboxylic acid groups (broad SMARTS) is 1. The molecule has 20 heavy (non-hydrogen) atoms. The van der Waals surface area contributed by atoms with Gasteiger partial charge in [0.25, 0.3) is 0 Å². The second kappa shape index (κ2) is 5.79. The number of carbonyl (C=O) groups is 1. The van der Waals surface area contributed by atoms with E-state index in [0.717, 1.165) is 16.4 Å². The SMILES string of the molecule is CN1C(C(=O)O)CSC1C1CSC(c2ccccc2)=N1. The van der Waals surface area contributed by atoms with Crippen LogP contribution < -0.4 is 0 Å². The maximum absolute atomic E-state index is 11.2. The van der Waals surface area contributed by atoms with Crippen molar-refractivity contribution in [1.29, 1.82) is 0 Å².